The monoisotopic (exact) mass is 277 g/mol. The number of anilines is 1. The predicted octanol–water partition coefficient (Wildman–Crippen LogP) is 0.718. The molecule has 20 heavy (non-hydrogen) atoms. The molecule has 0 radical (unpaired) electrons. The molecular formula is C15H23N3O2. The molecule has 0 spiro atoms. The van der Waals surface area contributed by atoms with Gasteiger partial charge in [-0.3, -0.25) is 4.79 Å². The second-order valence-electron chi connectivity index (χ2n) is 5.15. The Bertz CT molecular complexity index is 425. The van der Waals surface area contributed by atoms with Crippen LogP contribution in [0.2, 0.25) is 0 Å². The van der Waals surface area contributed by atoms with E-state index in [1.807, 2.05) is 25.2 Å². The number of para-hydroxylation sites is 1. The molecule has 2 N–H and O–H groups in total. The molecule has 0 fully saturated rings. The quantitative estimate of drug-likeness (QED) is 0.771. The minimum atomic E-state index is -0.142. The molecule has 1 aromatic rings. The van der Waals surface area contributed by atoms with Crippen molar-refractivity contribution in [2.75, 3.05) is 45.7 Å². The van der Waals surface area contributed by atoms with E-state index in [4.69, 9.17) is 4.74 Å². The van der Waals surface area contributed by atoms with Gasteiger partial charge in [0.25, 0.3) is 0 Å². The number of fused-ring (bicyclic) bond motifs is 1. The van der Waals surface area contributed by atoms with E-state index in [1.54, 1.807) is 7.11 Å². The summed E-state index contributed by atoms with van der Waals surface area (Å²) in [5, 5.41) is 6.24. The lowest BCUT2D eigenvalue weighted by Crippen LogP contribution is -2.41. The number of benzene rings is 1. The van der Waals surface area contributed by atoms with Crippen LogP contribution in [-0.2, 0) is 16.0 Å². The van der Waals surface area contributed by atoms with E-state index in [0.717, 1.165) is 25.2 Å². The van der Waals surface area contributed by atoms with Gasteiger partial charge in [0.15, 0.2) is 0 Å². The zero-order chi connectivity index (χ0) is 14.4. The summed E-state index contributed by atoms with van der Waals surface area (Å²) in [5.74, 6) is 0.0707. The molecule has 1 unspecified atom stereocenters. The van der Waals surface area contributed by atoms with Crippen LogP contribution < -0.4 is 10.6 Å². The molecule has 1 heterocycles. The summed E-state index contributed by atoms with van der Waals surface area (Å²) in [5.41, 5.74) is 2.29. The minimum Gasteiger partial charge on any atom is -0.383 e. The van der Waals surface area contributed by atoms with Crippen molar-refractivity contribution in [3.05, 3.63) is 29.8 Å². The second-order valence-corrected chi connectivity index (χ2v) is 5.15. The maximum atomic E-state index is 12.1. The SMILES string of the molecule is COCCN(C)CCNC(=O)C1Cc2ccccc2N1. The summed E-state index contributed by atoms with van der Waals surface area (Å²) in [6.07, 6.45) is 0.765. The normalized spacial score (nSPS) is 16.9. The van der Waals surface area contributed by atoms with Gasteiger partial charge in [0.1, 0.15) is 6.04 Å². The van der Waals surface area contributed by atoms with Crippen LogP contribution in [0.4, 0.5) is 5.69 Å². The van der Waals surface area contributed by atoms with Crippen molar-refractivity contribution in [2.45, 2.75) is 12.5 Å². The van der Waals surface area contributed by atoms with Gasteiger partial charge in [-0.15, -0.1) is 0 Å². The topological polar surface area (TPSA) is 53.6 Å². The van der Waals surface area contributed by atoms with Crippen LogP contribution >= 0.6 is 0 Å². The van der Waals surface area contributed by atoms with E-state index < -0.39 is 0 Å². The Labute approximate surface area is 120 Å². The largest absolute Gasteiger partial charge is 0.383 e. The Kier molecular flexibility index (Phi) is 5.38. The van der Waals surface area contributed by atoms with Gasteiger partial charge in [0.05, 0.1) is 6.61 Å². The minimum absolute atomic E-state index is 0.0707. The molecule has 5 heteroatoms. The fourth-order valence-electron chi connectivity index (χ4n) is 2.31. The molecule has 110 valence electrons. The van der Waals surface area contributed by atoms with Crippen LogP contribution in [0.25, 0.3) is 0 Å². The van der Waals surface area contributed by atoms with Crippen LogP contribution in [0.3, 0.4) is 0 Å². The fourth-order valence-corrected chi connectivity index (χ4v) is 2.31. The zero-order valence-corrected chi connectivity index (χ0v) is 12.2. The first-order valence-electron chi connectivity index (χ1n) is 7.00. The van der Waals surface area contributed by atoms with Gasteiger partial charge < -0.3 is 20.3 Å². The number of nitrogens with one attached hydrogen (secondary N) is 2. The Balaban J connectivity index is 1.69. The Morgan fingerprint density at radius 1 is 1.45 bits per heavy atom. The Hall–Kier alpha value is -1.59. The maximum absolute atomic E-state index is 12.1. The third kappa shape index (κ3) is 3.95. The summed E-state index contributed by atoms with van der Waals surface area (Å²) in [6, 6.07) is 7.93. The van der Waals surface area contributed by atoms with E-state index in [1.165, 1.54) is 5.56 Å². The van der Waals surface area contributed by atoms with Crippen molar-refractivity contribution in [1.82, 2.24) is 10.2 Å². The number of likely N-dealkylation sites (N-methyl/N-ethyl adjacent to an activating group) is 1. The molecule has 1 atom stereocenters. The van der Waals surface area contributed by atoms with E-state index >= 15 is 0 Å². The molecule has 0 aliphatic carbocycles. The van der Waals surface area contributed by atoms with Crippen molar-refractivity contribution in [1.29, 1.82) is 0 Å². The van der Waals surface area contributed by atoms with Gasteiger partial charge in [-0.25, -0.2) is 0 Å². The van der Waals surface area contributed by atoms with Crippen molar-refractivity contribution in [3.8, 4) is 0 Å². The van der Waals surface area contributed by atoms with Gasteiger partial charge in [-0.1, -0.05) is 18.2 Å². The first-order chi connectivity index (χ1) is 9.70. The molecule has 1 amide bonds. The number of carbonyl (C=O) groups excluding carboxylic acids is 1. The second kappa shape index (κ2) is 7.26. The average Bonchev–Trinajstić information content (AvgIpc) is 2.89. The van der Waals surface area contributed by atoms with Crippen LogP contribution in [0.1, 0.15) is 5.56 Å². The Morgan fingerprint density at radius 2 is 2.25 bits per heavy atom. The summed E-state index contributed by atoms with van der Waals surface area (Å²) in [6.45, 7) is 3.08. The van der Waals surface area contributed by atoms with E-state index in [0.29, 0.717) is 13.2 Å². The summed E-state index contributed by atoms with van der Waals surface area (Å²) >= 11 is 0. The number of nitrogens with zero attached hydrogens (tertiary/aromatic N) is 1. The molecule has 2 rings (SSSR count). The number of methoxy groups -OCH3 is 1. The van der Waals surface area contributed by atoms with E-state index in [9.17, 15) is 4.79 Å². The molecule has 1 aliphatic rings. The highest BCUT2D eigenvalue weighted by molar-refractivity contribution is 5.87. The van der Waals surface area contributed by atoms with Gasteiger partial charge in [0.2, 0.25) is 5.91 Å². The van der Waals surface area contributed by atoms with Gasteiger partial charge in [-0.05, 0) is 18.7 Å². The van der Waals surface area contributed by atoms with Gasteiger partial charge in [-0.2, -0.15) is 0 Å². The van der Waals surface area contributed by atoms with Crippen LogP contribution in [0.15, 0.2) is 24.3 Å². The highest BCUT2D eigenvalue weighted by Gasteiger charge is 2.25. The number of hydrogen-bond acceptors (Lipinski definition) is 4. The van der Waals surface area contributed by atoms with Crippen LogP contribution in [0, 0.1) is 0 Å². The van der Waals surface area contributed by atoms with Crippen LogP contribution in [-0.4, -0.2) is 57.2 Å². The van der Waals surface area contributed by atoms with Crippen LogP contribution in [0.5, 0.6) is 0 Å². The van der Waals surface area contributed by atoms with Crippen molar-refractivity contribution < 1.29 is 9.53 Å². The van der Waals surface area contributed by atoms with Crippen molar-refractivity contribution in [3.63, 3.8) is 0 Å². The van der Waals surface area contributed by atoms with Gasteiger partial charge >= 0.3 is 0 Å². The smallest absolute Gasteiger partial charge is 0.242 e. The molecule has 0 saturated carbocycles. The number of carbonyl (C=O) groups is 1. The first kappa shape index (κ1) is 14.8. The highest BCUT2D eigenvalue weighted by atomic mass is 16.5. The number of ether oxygens (including phenoxy) is 1. The van der Waals surface area contributed by atoms with Gasteiger partial charge in [0, 0.05) is 38.9 Å². The fraction of sp³-hybridized carbons (Fsp3) is 0.533. The average molecular weight is 277 g/mol. The first-order valence-corrected chi connectivity index (χ1v) is 7.00. The number of amides is 1. The van der Waals surface area contributed by atoms with E-state index in [2.05, 4.69) is 21.6 Å². The molecule has 0 bridgehead atoms. The molecule has 5 nitrogen and oxygen atoms in total. The predicted molar refractivity (Wildman–Crippen MR) is 79.9 cm³/mol. The number of hydrogen-bond donors (Lipinski definition) is 2. The van der Waals surface area contributed by atoms with Crippen molar-refractivity contribution in [2.24, 2.45) is 0 Å². The molecule has 0 saturated heterocycles. The lowest BCUT2D eigenvalue weighted by atomic mass is 10.1. The van der Waals surface area contributed by atoms with E-state index in [-0.39, 0.29) is 11.9 Å². The maximum Gasteiger partial charge on any atom is 0.242 e. The summed E-state index contributed by atoms with van der Waals surface area (Å²) < 4.78 is 5.02. The molecule has 1 aromatic carbocycles. The third-order valence-corrected chi connectivity index (χ3v) is 3.56. The number of rotatable bonds is 7. The zero-order valence-electron chi connectivity index (χ0n) is 12.2. The Morgan fingerprint density at radius 3 is 3.00 bits per heavy atom. The summed E-state index contributed by atoms with van der Waals surface area (Å²) in [7, 11) is 3.72. The molecule has 0 aromatic heterocycles. The highest BCUT2D eigenvalue weighted by Crippen LogP contribution is 2.24. The third-order valence-electron chi connectivity index (χ3n) is 3.56. The summed E-state index contributed by atoms with van der Waals surface area (Å²) in [4.78, 5) is 14.2. The standard InChI is InChI=1S/C15H23N3O2/c1-18(9-10-20-2)8-7-16-15(19)14-11-12-5-3-4-6-13(12)17-14/h3-6,14,17H,7-11H2,1-2H3,(H,16,19). The molecule has 1 aliphatic heterocycles. The van der Waals surface area contributed by atoms with Crippen molar-refractivity contribution >= 4 is 11.6 Å². The lowest BCUT2D eigenvalue weighted by molar-refractivity contribution is -0.121. The molecular weight excluding hydrogens is 254 g/mol. The lowest BCUT2D eigenvalue weighted by Gasteiger charge is -2.17.